The smallest absolute Gasteiger partial charge is 0.241 e. The van der Waals surface area contributed by atoms with Gasteiger partial charge in [0.1, 0.15) is 0 Å². The van der Waals surface area contributed by atoms with E-state index in [1.807, 2.05) is 42.5 Å². The van der Waals surface area contributed by atoms with Crippen molar-refractivity contribution in [3.8, 4) is 11.4 Å². The molecule has 8 heteroatoms. The van der Waals surface area contributed by atoms with Gasteiger partial charge in [-0.3, -0.25) is 9.69 Å². The summed E-state index contributed by atoms with van der Waals surface area (Å²) < 4.78 is 6.35. The van der Waals surface area contributed by atoms with Crippen LogP contribution in [0.5, 0.6) is 0 Å². The van der Waals surface area contributed by atoms with Gasteiger partial charge in [0.15, 0.2) is 0 Å². The molecule has 1 aliphatic heterocycles. The van der Waals surface area contributed by atoms with E-state index in [0.29, 0.717) is 29.8 Å². The summed E-state index contributed by atoms with van der Waals surface area (Å²) in [6, 6.07) is 15.0. The fraction of sp³-hybridized carbons (Fsp3) is 0.286. The van der Waals surface area contributed by atoms with E-state index < -0.39 is 0 Å². The highest BCUT2D eigenvalue weighted by molar-refractivity contribution is 9.10. The van der Waals surface area contributed by atoms with Gasteiger partial charge in [0.05, 0.1) is 17.5 Å². The van der Waals surface area contributed by atoms with Crippen molar-refractivity contribution >= 4 is 39.1 Å². The molecule has 1 atom stereocenters. The number of hydrogen-bond acceptors (Lipinski definition) is 5. The minimum absolute atomic E-state index is 0.0371. The van der Waals surface area contributed by atoms with Gasteiger partial charge < -0.3 is 9.84 Å². The lowest BCUT2D eigenvalue weighted by atomic mass is 9.97. The Labute approximate surface area is 182 Å². The summed E-state index contributed by atoms with van der Waals surface area (Å²) in [6.45, 7) is 2.06. The third-order valence-electron chi connectivity index (χ3n) is 4.91. The molecular weight excluding hydrogens is 456 g/mol. The van der Waals surface area contributed by atoms with Crippen molar-refractivity contribution in [2.75, 3.05) is 18.4 Å². The van der Waals surface area contributed by atoms with Crippen molar-refractivity contribution < 1.29 is 9.32 Å². The average Bonchev–Trinajstić information content (AvgIpc) is 3.17. The van der Waals surface area contributed by atoms with Crippen molar-refractivity contribution in [2.24, 2.45) is 5.92 Å². The number of nitrogens with zero attached hydrogens (tertiary/aromatic N) is 3. The molecule has 1 unspecified atom stereocenters. The number of carbonyl (C=O) groups is 1. The molecule has 0 aliphatic carbocycles. The lowest BCUT2D eigenvalue weighted by Crippen LogP contribution is -2.40. The summed E-state index contributed by atoms with van der Waals surface area (Å²) in [7, 11) is 0. The Hall–Kier alpha value is -2.22. The molecule has 3 aromatic rings. The zero-order valence-corrected chi connectivity index (χ0v) is 18.0. The number of rotatable bonds is 5. The second kappa shape index (κ2) is 9.07. The first kappa shape index (κ1) is 20.1. The maximum atomic E-state index is 12.7. The highest BCUT2D eigenvalue weighted by Crippen LogP contribution is 2.26. The molecule has 1 aliphatic rings. The van der Waals surface area contributed by atoms with E-state index in [2.05, 4.69) is 36.3 Å². The van der Waals surface area contributed by atoms with Crippen LogP contribution in [0.1, 0.15) is 18.7 Å². The first-order valence-corrected chi connectivity index (χ1v) is 10.6. The number of likely N-dealkylation sites (tertiary alicyclic amines) is 1. The second-order valence-electron chi connectivity index (χ2n) is 7.07. The van der Waals surface area contributed by atoms with Crippen LogP contribution in [0.3, 0.4) is 0 Å². The van der Waals surface area contributed by atoms with Gasteiger partial charge in [0.25, 0.3) is 0 Å². The molecule has 1 fully saturated rings. The molecule has 1 saturated heterocycles. The van der Waals surface area contributed by atoms with Crippen LogP contribution in [0.15, 0.2) is 57.5 Å². The van der Waals surface area contributed by atoms with Crippen LogP contribution in [-0.4, -0.2) is 34.0 Å². The molecule has 4 rings (SSSR count). The first-order chi connectivity index (χ1) is 14.1. The molecular formula is C21H20BrClN4O2. The maximum Gasteiger partial charge on any atom is 0.241 e. The van der Waals surface area contributed by atoms with Gasteiger partial charge in [0, 0.05) is 22.3 Å². The summed E-state index contributed by atoms with van der Waals surface area (Å²) >= 11 is 9.64. The van der Waals surface area contributed by atoms with E-state index in [1.165, 1.54) is 0 Å². The van der Waals surface area contributed by atoms with Crippen LogP contribution < -0.4 is 5.32 Å². The van der Waals surface area contributed by atoms with Crippen molar-refractivity contribution in [1.82, 2.24) is 15.0 Å². The van der Waals surface area contributed by atoms with Crippen LogP contribution in [-0.2, 0) is 11.3 Å². The first-order valence-electron chi connectivity index (χ1n) is 9.45. The zero-order valence-electron chi connectivity index (χ0n) is 15.6. The molecule has 1 N–H and O–H groups in total. The van der Waals surface area contributed by atoms with Crippen molar-refractivity contribution in [3.05, 3.63) is 63.9 Å². The Morgan fingerprint density at radius 2 is 2.14 bits per heavy atom. The van der Waals surface area contributed by atoms with E-state index in [9.17, 15) is 4.79 Å². The summed E-state index contributed by atoms with van der Waals surface area (Å²) in [5.74, 6) is 0.961. The van der Waals surface area contributed by atoms with Crippen LogP contribution >= 0.6 is 27.5 Å². The quantitative estimate of drug-likeness (QED) is 0.562. The molecule has 0 radical (unpaired) electrons. The Bertz CT molecular complexity index is 1010. The van der Waals surface area contributed by atoms with Crippen LogP contribution in [0.4, 0.5) is 5.69 Å². The largest absolute Gasteiger partial charge is 0.338 e. The number of anilines is 1. The van der Waals surface area contributed by atoms with E-state index >= 15 is 0 Å². The molecule has 1 aromatic heterocycles. The molecule has 0 bridgehead atoms. The molecule has 29 heavy (non-hydrogen) atoms. The SMILES string of the molecule is O=C(Nc1cccc(Br)c1)C1CCCN(Cc2nc(-c3ccccc3Cl)no2)C1. The number of hydrogen-bond donors (Lipinski definition) is 1. The number of aromatic nitrogens is 2. The van der Waals surface area contributed by atoms with Gasteiger partial charge in [-0.15, -0.1) is 0 Å². The van der Waals surface area contributed by atoms with Crippen LogP contribution in [0.2, 0.25) is 5.02 Å². The standard InChI is InChI=1S/C21H20BrClN4O2/c22-15-6-3-7-16(11-15)24-21(28)14-5-4-10-27(12-14)13-19-25-20(26-29-19)17-8-1-2-9-18(17)23/h1-3,6-9,11,14H,4-5,10,12-13H2,(H,24,28). The number of piperidine rings is 1. The van der Waals surface area contributed by atoms with Gasteiger partial charge in [-0.05, 0) is 49.7 Å². The summed E-state index contributed by atoms with van der Waals surface area (Å²) in [6.07, 6.45) is 1.81. The van der Waals surface area contributed by atoms with Gasteiger partial charge in [-0.1, -0.05) is 50.9 Å². The fourth-order valence-electron chi connectivity index (χ4n) is 3.49. The van der Waals surface area contributed by atoms with Gasteiger partial charge in [0.2, 0.25) is 17.6 Å². The number of amides is 1. The predicted octanol–water partition coefficient (Wildman–Crippen LogP) is 5.00. The van der Waals surface area contributed by atoms with E-state index in [1.54, 1.807) is 6.07 Å². The molecule has 2 heterocycles. The molecule has 6 nitrogen and oxygen atoms in total. The van der Waals surface area contributed by atoms with Crippen molar-refractivity contribution in [3.63, 3.8) is 0 Å². The Kier molecular flexibility index (Phi) is 6.28. The van der Waals surface area contributed by atoms with E-state index in [0.717, 1.165) is 35.1 Å². The number of benzene rings is 2. The second-order valence-corrected chi connectivity index (χ2v) is 8.39. The summed E-state index contributed by atoms with van der Waals surface area (Å²) in [5, 5.41) is 7.64. The number of nitrogens with one attached hydrogen (secondary N) is 1. The highest BCUT2D eigenvalue weighted by atomic mass is 79.9. The zero-order chi connectivity index (χ0) is 20.2. The lowest BCUT2D eigenvalue weighted by Gasteiger charge is -2.30. The topological polar surface area (TPSA) is 71.3 Å². The van der Waals surface area contributed by atoms with Crippen molar-refractivity contribution in [1.29, 1.82) is 0 Å². The molecule has 150 valence electrons. The molecule has 1 amide bonds. The van der Waals surface area contributed by atoms with Gasteiger partial charge in [-0.25, -0.2) is 0 Å². The Morgan fingerprint density at radius 1 is 1.28 bits per heavy atom. The lowest BCUT2D eigenvalue weighted by molar-refractivity contribution is -0.121. The molecule has 0 spiro atoms. The Balaban J connectivity index is 1.38. The van der Waals surface area contributed by atoms with Crippen LogP contribution in [0, 0.1) is 5.92 Å². The third kappa shape index (κ3) is 5.04. The highest BCUT2D eigenvalue weighted by Gasteiger charge is 2.27. The van der Waals surface area contributed by atoms with E-state index in [-0.39, 0.29) is 11.8 Å². The average molecular weight is 476 g/mol. The molecule has 2 aromatic carbocycles. The van der Waals surface area contributed by atoms with Gasteiger partial charge in [-0.2, -0.15) is 4.98 Å². The van der Waals surface area contributed by atoms with E-state index in [4.69, 9.17) is 16.1 Å². The van der Waals surface area contributed by atoms with Crippen molar-refractivity contribution in [2.45, 2.75) is 19.4 Å². The predicted molar refractivity (Wildman–Crippen MR) is 116 cm³/mol. The number of carbonyl (C=O) groups excluding carboxylic acids is 1. The number of halogens is 2. The van der Waals surface area contributed by atoms with Crippen LogP contribution in [0.25, 0.3) is 11.4 Å². The molecule has 0 saturated carbocycles. The minimum Gasteiger partial charge on any atom is -0.338 e. The van der Waals surface area contributed by atoms with Gasteiger partial charge >= 0.3 is 0 Å². The normalized spacial score (nSPS) is 17.2. The summed E-state index contributed by atoms with van der Waals surface area (Å²) in [5.41, 5.74) is 1.54. The minimum atomic E-state index is -0.0753. The fourth-order valence-corrected chi connectivity index (χ4v) is 4.11. The summed E-state index contributed by atoms with van der Waals surface area (Å²) in [4.78, 5) is 19.3. The Morgan fingerprint density at radius 3 is 2.97 bits per heavy atom. The monoisotopic (exact) mass is 474 g/mol. The maximum absolute atomic E-state index is 12.7. The third-order valence-corrected chi connectivity index (χ3v) is 5.73.